The van der Waals surface area contributed by atoms with Gasteiger partial charge in [0.2, 0.25) is 0 Å². The van der Waals surface area contributed by atoms with Gasteiger partial charge in [-0.15, -0.1) is 0 Å². The Morgan fingerprint density at radius 2 is 2.67 bits per heavy atom. The number of aliphatic hydroxyl groups is 1. The van der Waals surface area contributed by atoms with Gasteiger partial charge < -0.3 is 9.84 Å². The molecule has 1 unspecified atom stereocenters. The molecule has 1 aromatic heterocycles. The van der Waals surface area contributed by atoms with E-state index in [-0.39, 0.29) is 6.61 Å². The summed E-state index contributed by atoms with van der Waals surface area (Å²) in [5.74, 6) is -0.665. The van der Waals surface area contributed by atoms with E-state index in [2.05, 4.69) is 14.9 Å². The monoisotopic (exact) mass is 170 g/mol. The zero-order valence-electron chi connectivity index (χ0n) is 6.65. The molecule has 1 heterocycles. The number of nitrogens with one attached hydrogen (secondary N) is 1. The summed E-state index contributed by atoms with van der Waals surface area (Å²) in [5.41, 5.74) is 0.341. The zero-order chi connectivity index (χ0) is 8.97. The molecule has 0 saturated heterocycles. The van der Waals surface area contributed by atoms with Crippen LogP contribution in [-0.2, 0) is 9.53 Å². The van der Waals surface area contributed by atoms with E-state index in [1.807, 2.05) is 0 Å². The van der Waals surface area contributed by atoms with Gasteiger partial charge in [0.15, 0.2) is 6.10 Å². The fourth-order valence-electron chi connectivity index (χ4n) is 0.767. The second kappa shape index (κ2) is 3.87. The van der Waals surface area contributed by atoms with Crippen molar-refractivity contribution in [2.24, 2.45) is 0 Å². The number of esters is 1. The molecule has 0 aliphatic carbocycles. The van der Waals surface area contributed by atoms with Gasteiger partial charge >= 0.3 is 5.97 Å². The van der Waals surface area contributed by atoms with E-state index in [1.165, 1.54) is 12.3 Å². The predicted molar refractivity (Wildman–Crippen MR) is 40.2 cm³/mol. The highest BCUT2D eigenvalue weighted by Gasteiger charge is 2.19. The van der Waals surface area contributed by atoms with Crippen LogP contribution in [0, 0.1) is 0 Å². The molecule has 0 radical (unpaired) electrons. The SMILES string of the molecule is CCOC(=O)C(O)c1ccn[nH]1. The highest BCUT2D eigenvalue weighted by molar-refractivity contribution is 5.75. The molecule has 5 nitrogen and oxygen atoms in total. The number of rotatable bonds is 3. The molecular weight excluding hydrogens is 160 g/mol. The van der Waals surface area contributed by atoms with Crippen molar-refractivity contribution in [2.75, 3.05) is 6.61 Å². The van der Waals surface area contributed by atoms with Crippen LogP contribution >= 0.6 is 0 Å². The summed E-state index contributed by atoms with van der Waals surface area (Å²) in [5, 5.41) is 15.3. The van der Waals surface area contributed by atoms with Gasteiger partial charge in [-0.25, -0.2) is 4.79 Å². The van der Waals surface area contributed by atoms with E-state index >= 15 is 0 Å². The molecule has 1 aromatic rings. The number of aromatic nitrogens is 2. The number of ether oxygens (including phenoxy) is 1. The maximum absolute atomic E-state index is 10.9. The van der Waals surface area contributed by atoms with Crippen LogP contribution in [-0.4, -0.2) is 27.9 Å². The molecule has 0 amide bonds. The third kappa shape index (κ3) is 1.82. The summed E-state index contributed by atoms with van der Waals surface area (Å²) >= 11 is 0. The van der Waals surface area contributed by atoms with Crippen molar-refractivity contribution < 1.29 is 14.6 Å². The van der Waals surface area contributed by atoms with Crippen molar-refractivity contribution >= 4 is 5.97 Å². The van der Waals surface area contributed by atoms with Crippen LogP contribution in [0.5, 0.6) is 0 Å². The lowest BCUT2D eigenvalue weighted by atomic mass is 10.3. The molecule has 0 aliphatic heterocycles. The van der Waals surface area contributed by atoms with Crippen molar-refractivity contribution in [3.63, 3.8) is 0 Å². The fraction of sp³-hybridized carbons (Fsp3) is 0.429. The Kier molecular flexibility index (Phi) is 2.82. The first kappa shape index (κ1) is 8.73. The largest absolute Gasteiger partial charge is 0.464 e. The van der Waals surface area contributed by atoms with Crippen LogP contribution in [0.2, 0.25) is 0 Å². The Bertz CT molecular complexity index is 245. The van der Waals surface area contributed by atoms with Gasteiger partial charge in [0.05, 0.1) is 12.3 Å². The first-order valence-electron chi connectivity index (χ1n) is 3.59. The lowest BCUT2D eigenvalue weighted by Crippen LogP contribution is -2.15. The Labute approximate surface area is 69.4 Å². The molecular formula is C7H10N2O3. The number of carbonyl (C=O) groups is 1. The lowest BCUT2D eigenvalue weighted by molar-refractivity contribution is -0.153. The normalized spacial score (nSPS) is 12.5. The maximum atomic E-state index is 10.9. The number of H-pyrrole nitrogens is 1. The van der Waals surface area contributed by atoms with E-state index in [9.17, 15) is 9.90 Å². The standard InChI is InChI=1S/C7H10N2O3/c1-2-12-7(11)6(10)5-3-4-8-9-5/h3-4,6,10H,2H2,1H3,(H,8,9). The van der Waals surface area contributed by atoms with Crippen molar-refractivity contribution in [1.82, 2.24) is 10.2 Å². The topological polar surface area (TPSA) is 75.2 Å². The van der Waals surface area contributed by atoms with Gasteiger partial charge in [-0.2, -0.15) is 5.10 Å². The summed E-state index contributed by atoms with van der Waals surface area (Å²) in [7, 11) is 0. The van der Waals surface area contributed by atoms with E-state index in [0.717, 1.165) is 0 Å². The highest BCUT2D eigenvalue weighted by Crippen LogP contribution is 2.09. The zero-order valence-corrected chi connectivity index (χ0v) is 6.65. The average Bonchev–Trinajstić information content (AvgIpc) is 2.55. The number of hydrogen-bond donors (Lipinski definition) is 2. The number of aromatic amines is 1. The van der Waals surface area contributed by atoms with Gasteiger partial charge in [0.25, 0.3) is 0 Å². The molecule has 0 bridgehead atoms. The summed E-state index contributed by atoms with van der Waals surface area (Å²) in [6, 6.07) is 1.52. The first-order valence-corrected chi connectivity index (χ1v) is 3.59. The van der Waals surface area contributed by atoms with E-state index < -0.39 is 12.1 Å². The summed E-state index contributed by atoms with van der Waals surface area (Å²) in [6.07, 6.45) is 0.199. The second-order valence-corrected chi connectivity index (χ2v) is 2.17. The Morgan fingerprint density at radius 1 is 1.92 bits per heavy atom. The first-order chi connectivity index (χ1) is 5.75. The molecule has 0 saturated carbocycles. The van der Waals surface area contributed by atoms with Crippen molar-refractivity contribution in [1.29, 1.82) is 0 Å². The third-order valence-electron chi connectivity index (χ3n) is 1.33. The number of carbonyl (C=O) groups excluding carboxylic acids is 1. The summed E-state index contributed by atoms with van der Waals surface area (Å²) in [4.78, 5) is 10.9. The molecule has 1 atom stereocenters. The van der Waals surface area contributed by atoms with Crippen LogP contribution in [0.3, 0.4) is 0 Å². The third-order valence-corrected chi connectivity index (χ3v) is 1.33. The maximum Gasteiger partial charge on any atom is 0.341 e. The summed E-state index contributed by atoms with van der Waals surface area (Å²) < 4.78 is 4.59. The lowest BCUT2D eigenvalue weighted by Gasteiger charge is -2.06. The van der Waals surface area contributed by atoms with Crippen LogP contribution < -0.4 is 0 Å². The smallest absolute Gasteiger partial charge is 0.341 e. The number of nitrogens with zero attached hydrogens (tertiary/aromatic N) is 1. The van der Waals surface area contributed by atoms with E-state index in [1.54, 1.807) is 6.92 Å². The van der Waals surface area contributed by atoms with Crippen molar-refractivity contribution in [3.05, 3.63) is 18.0 Å². The molecule has 66 valence electrons. The Morgan fingerprint density at radius 3 is 3.17 bits per heavy atom. The molecule has 0 aromatic carbocycles. The molecule has 2 N–H and O–H groups in total. The minimum Gasteiger partial charge on any atom is -0.464 e. The van der Waals surface area contributed by atoms with E-state index in [4.69, 9.17) is 0 Å². The van der Waals surface area contributed by atoms with Gasteiger partial charge in [-0.3, -0.25) is 5.10 Å². The van der Waals surface area contributed by atoms with Crippen LogP contribution in [0.1, 0.15) is 18.7 Å². The van der Waals surface area contributed by atoms with Crippen LogP contribution in [0.25, 0.3) is 0 Å². The highest BCUT2D eigenvalue weighted by atomic mass is 16.5. The second-order valence-electron chi connectivity index (χ2n) is 2.17. The van der Waals surface area contributed by atoms with Gasteiger partial charge in [-0.05, 0) is 13.0 Å². The minimum absolute atomic E-state index is 0.254. The van der Waals surface area contributed by atoms with Crippen LogP contribution in [0.15, 0.2) is 12.3 Å². The Balaban J connectivity index is 2.59. The molecule has 0 aliphatic rings. The van der Waals surface area contributed by atoms with E-state index in [0.29, 0.717) is 5.69 Å². The molecule has 12 heavy (non-hydrogen) atoms. The number of hydrogen-bond acceptors (Lipinski definition) is 4. The van der Waals surface area contributed by atoms with Gasteiger partial charge in [0, 0.05) is 6.20 Å². The quantitative estimate of drug-likeness (QED) is 0.626. The fourth-order valence-corrected chi connectivity index (χ4v) is 0.767. The number of aliphatic hydroxyl groups excluding tert-OH is 1. The molecule has 0 fully saturated rings. The van der Waals surface area contributed by atoms with Gasteiger partial charge in [-0.1, -0.05) is 0 Å². The van der Waals surface area contributed by atoms with Crippen molar-refractivity contribution in [3.8, 4) is 0 Å². The average molecular weight is 170 g/mol. The Hall–Kier alpha value is -1.36. The molecule has 5 heteroatoms. The van der Waals surface area contributed by atoms with Crippen molar-refractivity contribution in [2.45, 2.75) is 13.0 Å². The molecule has 0 spiro atoms. The van der Waals surface area contributed by atoms with Crippen LogP contribution in [0.4, 0.5) is 0 Å². The van der Waals surface area contributed by atoms with Gasteiger partial charge in [0.1, 0.15) is 0 Å². The summed E-state index contributed by atoms with van der Waals surface area (Å²) in [6.45, 7) is 1.93. The molecule has 1 rings (SSSR count). The minimum atomic E-state index is -1.26. The predicted octanol–water partition coefficient (Wildman–Crippen LogP) is 0.00620.